The second kappa shape index (κ2) is 4.99. The van der Waals surface area contributed by atoms with Crippen molar-refractivity contribution >= 4 is 27.3 Å². The molecule has 0 fully saturated rings. The van der Waals surface area contributed by atoms with Gasteiger partial charge in [-0.05, 0) is 13.0 Å². The number of aromatic carboxylic acids is 1. The molecule has 0 aromatic carbocycles. The average molecular weight is 275 g/mol. The van der Waals surface area contributed by atoms with Gasteiger partial charge in [-0.15, -0.1) is 11.3 Å². The third-order valence-electron chi connectivity index (χ3n) is 1.98. The highest BCUT2D eigenvalue weighted by Crippen LogP contribution is 2.23. The van der Waals surface area contributed by atoms with Crippen LogP contribution in [0.4, 0.5) is 0 Å². The van der Waals surface area contributed by atoms with Crippen molar-refractivity contribution in [3.05, 3.63) is 29.2 Å². The second-order valence-corrected chi connectivity index (χ2v) is 6.86. The molecule has 5 nitrogen and oxygen atoms in total. The van der Waals surface area contributed by atoms with Gasteiger partial charge in [-0.3, -0.25) is 0 Å². The summed E-state index contributed by atoms with van der Waals surface area (Å²) in [4.78, 5) is 10.7. The molecule has 0 saturated heterocycles. The lowest BCUT2D eigenvalue weighted by Crippen LogP contribution is -2.27. The predicted molar refractivity (Wildman–Crippen MR) is 65.9 cm³/mol. The standard InChI is InChI=1S/C10H13NO4S2/c1-7(2)5-11(3)17(14,15)9-4-8(6-16-9)10(12)13/h4,6H,1,5H2,2-3H3,(H,12,13). The quantitative estimate of drug-likeness (QED) is 0.829. The fourth-order valence-electron chi connectivity index (χ4n) is 1.18. The maximum Gasteiger partial charge on any atom is 0.336 e. The topological polar surface area (TPSA) is 74.7 Å². The molecule has 1 rings (SSSR count). The molecule has 0 bridgehead atoms. The summed E-state index contributed by atoms with van der Waals surface area (Å²) in [6.45, 7) is 5.58. The van der Waals surface area contributed by atoms with E-state index in [0.717, 1.165) is 21.7 Å². The summed E-state index contributed by atoms with van der Waals surface area (Å²) in [5, 5.41) is 10.0. The van der Waals surface area contributed by atoms with E-state index in [1.807, 2.05) is 0 Å². The van der Waals surface area contributed by atoms with Gasteiger partial charge in [0.15, 0.2) is 0 Å². The number of nitrogens with zero attached hydrogens (tertiary/aromatic N) is 1. The smallest absolute Gasteiger partial charge is 0.336 e. The van der Waals surface area contributed by atoms with Crippen LogP contribution in [0.25, 0.3) is 0 Å². The molecule has 94 valence electrons. The molecule has 1 aromatic rings. The van der Waals surface area contributed by atoms with Crippen molar-refractivity contribution in [2.45, 2.75) is 11.1 Å². The van der Waals surface area contributed by atoms with Crippen molar-refractivity contribution in [3.8, 4) is 0 Å². The Morgan fingerprint density at radius 1 is 1.59 bits per heavy atom. The van der Waals surface area contributed by atoms with Crippen LogP contribution in [0, 0.1) is 0 Å². The molecule has 0 saturated carbocycles. The first-order valence-electron chi connectivity index (χ1n) is 4.67. The summed E-state index contributed by atoms with van der Waals surface area (Å²) in [6.07, 6.45) is 0. The van der Waals surface area contributed by atoms with Crippen LogP contribution in [-0.2, 0) is 10.0 Å². The molecule has 0 spiro atoms. The van der Waals surface area contributed by atoms with Gasteiger partial charge in [-0.1, -0.05) is 12.2 Å². The number of thiophene rings is 1. The van der Waals surface area contributed by atoms with Crippen molar-refractivity contribution in [1.82, 2.24) is 4.31 Å². The van der Waals surface area contributed by atoms with Crippen molar-refractivity contribution in [2.75, 3.05) is 13.6 Å². The summed E-state index contributed by atoms with van der Waals surface area (Å²) >= 11 is 0.900. The molecule has 0 unspecified atom stereocenters. The van der Waals surface area contributed by atoms with Crippen LogP contribution < -0.4 is 0 Å². The molecule has 0 atom stereocenters. The van der Waals surface area contributed by atoms with Gasteiger partial charge >= 0.3 is 5.97 Å². The second-order valence-electron chi connectivity index (χ2n) is 3.68. The highest BCUT2D eigenvalue weighted by atomic mass is 32.2. The van der Waals surface area contributed by atoms with Crippen LogP contribution in [0.15, 0.2) is 27.8 Å². The number of sulfonamides is 1. The average Bonchev–Trinajstić information content (AvgIpc) is 2.65. The SMILES string of the molecule is C=C(C)CN(C)S(=O)(=O)c1cc(C(=O)O)cs1. The van der Waals surface area contributed by atoms with Crippen molar-refractivity contribution < 1.29 is 18.3 Å². The van der Waals surface area contributed by atoms with E-state index in [4.69, 9.17) is 5.11 Å². The zero-order valence-corrected chi connectivity index (χ0v) is 11.1. The van der Waals surface area contributed by atoms with Gasteiger partial charge in [0.05, 0.1) is 5.56 Å². The molecule has 1 N–H and O–H groups in total. The molecule has 0 aliphatic carbocycles. The third kappa shape index (κ3) is 3.15. The Kier molecular flexibility index (Phi) is 4.07. The van der Waals surface area contributed by atoms with Crippen LogP contribution in [0.3, 0.4) is 0 Å². The van der Waals surface area contributed by atoms with Gasteiger partial charge in [-0.2, -0.15) is 4.31 Å². The summed E-state index contributed by atoms with van der Waals surface area (Å²) in [5.74, 6) is -1.13. The number of carbonyl (C=O) groups is 1. The van der Waals surface area contributed by atoms with Crippen LogP contribution in [-0.4, -0.2) is 37.4 Å². The van der Waals surface area contributed by atoms with E-state index < -0.39 is 16.0 Å². The molecular formula is C10H13NO4S2. The Hall–Kier alpha value is -1.18. The van der Waals surface area contributed by atoms with E-state index >= 15 is 0 Å². The third-order valence-corrected chi connectivity index (χ3v) is 5.20. The molecule has 0 amide bonds. The summed E-state index contributed by atoms with van der Waals surface area (Å²) in [5.41, 5.74) is 0.698. The first-order valence-corrected chi connectivity index (χ1v) is 6.99. The van der Waals surface area contributed by atoms with E-state index in [1.54, 1.807) is 6.92 Å². The highest BCUT2D eigenvalue weighted by Gasteiger charge is 2.23. The Morgan fingerprint density at radius 3 is 2.59 bits per heavy atom. The maximum absolute atomic E-state index is 12.0. The van der Waals surface area contributed by atoms with Crippen LogP contribution in [0.2, 0.25) is 0 Å². The molecule has 17 heavy (non-hydrogen) atoms. The Morgan fingerprint density at radius 2 is 2.18 bits per heavy atom. The van der Waals surface area contributed by atoms with Crippen molar-refractivity contribution in [2.24, 2.45) is 0 Å². The molecular weight excluding hydrogens is 262 g/mol. The van der Waals surface area contributed by atoms with Crippen LogP contribution >= 0.6 is 11.3 Å². The predicted octanol–water partition coefficient (Wildman–Crippen LogP) is 1.64. The lowest BCUT2D eigenvalue weighted by atomic mass is 10.4. The normalized spacial score (nSPS) is 11.7. The largest absolute Gasteiger partial charge is 0.478 e. The monoisotopic (exact) mass is 275 g/mol. The fraction of sp³-hybridized carbons (Fsp3) is 0.300. The highest BCUT2D eigenvalue weighted by molar-refractivity contribution is 7.91. The number of carboxylic acid groups (broad SMARTS) is 1. The lowest BCUT2D eigenvalue weighted by Gasteiger charge is -2.15. The minimum absolute atomic E-state index is 0.0164. The number of rotatable bonds is 5. The Balaban J connectivity index is 3.04. The molecule has 0 aliphatic heterocycles. The van der Waals surface area contributed by atoms with Gasteiger partial charge in [0.1, 0.15) is 4.21 Å². The molecule has 1 heterocycles. The molecule has 0 aliphatic rings. The molecule has 7 heteroatoms. The zero-order chi connectivity index (χ0) is 13.2. The number of carboxylic acids is 1. The molecule has 1 aromatic heterocycles. The minimum Gasteiger partial charge on any atom is -0.478 e. The number of likely N-dealkylation sites (N-methyl/N-ethyl adjacent to an activating group) is 1. The van der Waals surface area contributed by atoms with Gasteiger partial charge < -0.3 is 5.11 Å². The fourth-order valence-corrected chi connectivity index (χ4v) is 3.78. The van der Waals surface area contributed by atoms with Gasteiger partial charge in [-0.25, -0.2) is 13.2 Å². The van der Waals surface area contributed by atoms with Crippen molar-refractivity contribution in [3.63, 3.8) is 0 Å². The van der Waals surface area contributed by atoms with E-state index in [2.05, 4.69) is 6.58 Å². The number of hydrogen-bond acceptors (Lipinski definition) is 4. The summed E-state index contributed by atoms with van der Waals surface area (Å²) in [7, 11) is -2.18. The first-order chi connectivity index (χ1) is 7.75. The van der Waals surface area contributed by atoms with Crippen LogP contribution in [0.1, 0.15) is 17.3 Å². The lowest BCUT2D eigenvalue weighted by molar-refractivity contribution is 0.0697. The van der Waals surface area contributed by atoms with E-state index in [-0.39, 0.29) is 16.3 Å². The van der Waals surface area contributed by atoms with E-state index in [1.165, 1.54) is 12.4 Å². The van der Waals surface area contributed by atoms with Gasteiger partial charge in [0.25, 0.3) is 10.0 Å². The summed E-state index contributed by atoms with van der Waals surface area (Å²) in [6, 6.07) is 1.16. The minimum atomic E-state index is -3.62. The zero-order valence-electron chi connectivity index (χ0n) is 9.50. The Bertz CT molecular complexity index is 544. The van der Waals surface area contributed by atoms with Gasteiger partial charge in [0.2, 0.25) is 0 Å². The maximum atomic E-state index is 12.0. The van der Waals surface area contributed by atoms with Crippen LogP contribution in [0.5, 0.6) is 0 Å². The van der Waals surface area contributed by atoms with Crippen molar-refractivity contribution in [1.29, 1.82) is 0 Å². The molecule has 0 radical (unpaired) electrons. The van der Waals surface area contributed by atoms with E-state index in [0.29, 0.717) is 5.57 Å². The van der Waals surface area contributed by atoms with Gasteiger partial charge in [0, 0.05) is 19.0 Å². The summed E-state index contributed by atoms with van der Waals surface area (Å²) < 4.78 is 25.2. The first kappa shape index (κ1) is 13.9. The number of hydrogen-bond donors (Lipinski definition) is 1. The van der Waals surface area contributed by atoms with E-state index in [9.17, 15) is 13.2 Å². The Labute approximate surface area is 104 Å².